The molecule has 0 spiro atoms. The summed E-state index contributed by atoms with van der Waals surface area (Å²) >= 11 is 1.90. The Morgan fingerprint density at radius 2 is 2.29 bits per heavy atom. The molecule has 14 heavy (non-hydrogen) atoms. The molecule has 0 aliphatic carbocycles. The number of imidazole rings is 1. The van der Waals surface area contributed by atoms with Crippen LogP contribution in [0.1, 0.15) is 32.0 Å². The molecule has 0 amide bonds. The molecular formula is C10H19N3S. The molecule has 80 valence electrons. The maximum absolute atomic E-state index is 5.83. The topological polar surface area (TPSA) is 43.8 Å². The van der Waals surface area contributed by atoms with Gasteiger partial charge in [0.25, 0.3) is 0 Å². The lowest BCUT2D eigenvalue weighted by Crippen LogP contribution is -2.13. The van der Waals surface area contributed by atoms with E-state index in [1.54, 1.807) is 0 Å². The molecule has 1 aromatic rings. The fraction of sp³-hybridized carbons (Fsp3) is 0.700. The molecule has 3 nitrogen and oxygen atoms in total. The van der Waals surface area contributed by atoms with Crippen LogP contribution in [0.2, 0.25) is 0 Å². The van der Waals surface area contributed by atoms with Crippen molar-refractivity contribution in [3.63, 3.8) is 0 Å². The first-order chi connectivity index (χ1) is 6.65. The third-order valence-electron chi connectivity index (χ3n) is 2.39. The summed E-state index contributed by atoms with van der Waals surface area (Å²) in [6.07, 6.45) is 7.03. The number of nitrogens with zero attached hydrogens (tertiary/aromatic N) is 2. The maximum Gasteiger partial charge on any atom is 0.0948 e. The van der Waals surface area contributed by atoms with E-state index in [0.29, 0.717) is 5.25 Å². The van der Waals surface area contributed by atoms with Gasteiger partial charge in [-0.3, -0.25) is 0 Å². The second-order valence-electron chi connectivity index (χ2n) is 3.64. The van der Waals surface area contributed by atoms with Crippen molar-refractivity contribution in [2.45, 2.75) is 38.1 Å². The van der Waals surface area contributed by atoms with Crippen LogP contribution in [0.4, 0.5) is 0 Å². The van der Waals surface area contributed by atoms with E-state index in [-0.39, 0.29) is 6.04 Å². The standard InChI is InChI=1S/C10H19N3S/c1-8(14-3)4-5-13-7-12-6-10(13)9(2)11/h6-9H,4-5,11H2,1-3H3. The predicted octanol–water partition coefficient (Wildman–Crippen LogP) is 2.04. The minimum absolute atomic E-state index is 0.0714. The highest BCUT2D eigenvalue weighted by atomic mass is 32.2. The summed E-state index contributed by atoms with van der Waals surface area (Å²) < 4.78 is 2.15. The molecule has 4 heteroatoms. The van der Waals surface area contributed by atoms with Gasteiger partial charge in [0.2, 0.25) is 0 Å². The van der Waals surface area contributed by atoms with Crippen molar-refractivity contribution >= 4 is 11.8 Å². The van der Waals surface area contributed by atoms with Gasteiger partial charge in [0, 0.05) is 24.0 Å². The summed E-state index contributed by atoms with van der Waals surface area (Å²) in [4.78, 5) is 4.12. The van der Waals surface area contributed by atoms with Gasteiger partial charge in [0.15, 0.2) is 0 Å². The lowest BCUT2D eigenvalue weighted by atomic mass is 10.2. The Hall–Kier alpha value is -0.480. The number of thioether (sulfide) groups is 1. The van der Waals surface area contributed by atoms with Crippen molar-refractivity contribution in [3.8, 4) is 0 Å². The quantitative estimate of drug-likeness (QED) is 0.814. The van der Waals surface area contributed by atoms with Crippen LogP contribution in [-0.2, 0) is 6.54 Å². The second-order valence-corrected chi connectivity index (χ2v) is 4.91. The largest absolute Gasteiger partial charge is 0.333 e. The van der Waals surface area contributed by atoms with Crippen molar-refractivity contribution in [3.05, 3.63) is 18.2 Å². The molecule has 0 saturated carbocycles. The molecule has 0 aromatic carbocycles. The third kappa shape index (κ3) is 3.03. The third-order valence-corrected chi connectivity index (χ3v) is 3.43. The Kier molecular flexibility index (Phi) is 4.48. The van der Waals surface area contributed by atoms with Crippen molar-refractivity contribution in [2.24, 2.45) is 5.73 Å². The summed E-state index contributed by atoms with van der Waals surface area (Å²) in [6, 6.07) is 0.0714. The summed E-state index contributed by atoms with van der Waals surface area (Å²) in [5.41, 5.74) is 6.96. The van der Waals surface area contributed by atoms with Crippen molar-refractivity contribution in [1.82, 2.24) is 9.55 Å². The van der Waals surface area contributed by atoms with E-state index >= 15 is 0 Å². The fourth-order valence-corrected chi connectivity index (χ4v) is 1.68. The van der Waals surface area contributed by atoms with E-state index in [9.17, 15) is 0 Å². The maximum atomic E-state index is 5.83. The lowest BCUT2D eigenvalue weighted by Gasteiger charge is -2.12. The zero-order chi connectivity index (χ0) is 10.6. The van der Waals surface area contributed by atoms with Gasteiger partial charge in [-0.1, -0.05) is 6.92 Å². The van der Waals surface area contributed by atoms with E-state index in [0.717, 1.165) is 18.7 Å². The highest BCUT2D eigenvalue weighted by Crippen LogP contribution is 2.14. The first kappa shape index (κ1) is 11.6. The molecule has 2 unspecified atom stereocenters. The van der Waals surface area contributed by atoms with E-state index in [1.165, 1.54) is 0 Å². The molecule has 0 radical (unpaired) electrons. The van der Waals surface area contributed by atoms with E-state index < -0.39 is 0 Å². The van der Waals surface area contributed by atoms with Gasteiger partial charge in [-0.05, 0) is 19.6 Å². The van der Waals surface area contributed by atoms with E-state index in [1.807, 2.05) is 31.2 Å². The summed E-state index contributed by atoms with van der Waals surface area (Å²) in [5.74, 6) is 0. The van der Waals surface area contributed by atoms with Gasteiger partial charge in [-0.2, -0.15) is 11.8 Å². The van der Waals surface area contributed by atoms with Crippen LogP contribution in [0.3, 0.4) is 0 Å². The first-order valence-corrected chi connectivity index (χ1v) is 6.22. The molecule has 2 N–H and O–H groups in total. The zero-order valence-electron chi connectivity index (χ0n) is 9.10. The molecule has 0 aliphatic heterocycles. The first-order valence-electron chi connectivity index (χ1n) is 4.93. The van der Waals surface area contributed by atoms with Crippen LogP contribution in [-0.4, -0.2) is 21.1 Å². The van der Waals surface area contributed by atoms with Gasteiger partial charge in [0.05, 0.1) is 12.0 Å². The average Bonchev–Trinajstić information content (AvgIpc) is 2.62. The summed E-state index contributed by atoms with van der Waals surface area (Å²) in [7, 11) is 0. The van der Waals surface area contributed by atoms with E-state index in [4.69, 9.17) is 5.73 Å². The molecule has 0 saturated heterocycles. The SMILES string of the molecule is CSC(C)CCn1cncc1C(C)N. The Morgan fingerprint density at radius 3 is 2.86 bits per heavy atom. The minimum atomic E-state index is 0.0714. The Labute approximate surface area is 90.1 Å². The van der Waals surface area contributed by atoms with Crippen LogP contribution >= 0.6 is 11.8 Å². The lowest BCUT2D eigenvalue weighted by molar-refractivity contribution is 0.591. The summed E-state index contributed by atoms with van der Waals surface area (Å²) in [5, 5.41) is 0.693. The Morgan fingerprint density at radius 1 is 1.57 bits per heavy atom. The zero-order valence-corrected chi connectivity index (χ0v) is 9.92. The van der Waals surface area contributed by atoms with Crippen LogP contribution in [0.5, 0.6) is 0 Å². The average molecular weight is 213 g/mol. The molecule has 0 bridgehead atoms. The van der Waals surface area contributed by atoms with Crippen molar-refractivity contribution in [2.75, 3.05) is 6.26 Å². The van der Waals surface area contributed by atoms with Gasteiger partial charge >= 0.3 is 0 Å². The number of aromatic nitrogens is 2. The van der Waals surface area contributed by atoms with E-state index in [2.05, 4.69) is 22.7 Å². The second kappa shape index (κ2) is 5.41. The normalized spacial score (nSPS) is 15.4. The van der Waals surface area contributed by atoms with Gasteiger partial charge in [0.1, 0.15) is 0 Å². The molecule has 2 atom stereocenters. The minimum Gasteiger partial charge on any atom is -0.333 e. The molecule has 1 heterocycles. The molecule has 1 aromatic heterocycles. The van der Waals surface area contributed by atoms with Crippen LogP contribution < -0.4 is 5.73 Å². The molecule has 0 fully saturated rings. The predicted molar refractivity (Wildman–Crippen MR) is 62.4 cm³/mol. The van der Waals surface area contributed by atoms with Crippen LogP contribution in [0.15, 0.2) is 12.5 Å². The molecule has 0 aliphatic rings. The van der Waals surface area contributed by atoms with Gasteiger partial charge in [-0.25, -0.2) is 4.98 Å². The number of hydrogen-bond acceptors (Lipinski definition) is 3. The van der Waals surface area contributed by atoms with Gasteiger partial charge in [-0.15, -0.1) is 0 Å². The Balaban J connectivity index is 2.54. The van der Waals surface area contributed by atoms with Crippen LogP contribution in [0.25, 0.3) is 0 Å². The van der Waals surface area contributed by atoms with Crippen molar-refractivity contribution < 1.29 is 0 Å². The highest BCUT2D eigenvalue weighted by Gasteiger charge is 2.07. The van der Waals surface area contributed by atoms with Crippen molar-refractivity contribution in [1.29, 1.82) is 0 Å². The van der Waals surface area contributed by atoms with Crippen LogP contribution in [0, 0.1) is 0 Å². The van der Waals surface area contributed by atoms with Gasteiger partial charge < -0.3 is 10.3 Å². The monoisotopic (exact) mass is 213 g/mol. The number of hydrogen-bond donors (Lipinski definition) is 1. The number of aryl methyl sites for hydroxylation is 1. The fourth-order valence-electron chi connectivity index (χ4n) is 1.34. The molecule has 1 rings (SSSR count). The summed E-state index contributed by atoms with van der Waals surface area (Å²) in [6.45, 7) is 5.25. The highest BCUT2D eigenvalue weighted by molar-refractivity contribution is 7.99. The Bertz CT molecular complexity index is 270. The number of nitrogens with two attached hydrogens (primary N) is 1. The molecular weight excluding hydrogens is 194 g/mol. The number of rotatable bonds is 5. The smallest absolute Gasteiger partial charge is 0.0948 e.